The SMILES string of the molecule is c1ccc(-c2[nH]ncc2CNOC2CCCC2)cc1. The zero-order valence-corrected chi connectivity index (χ0v) is 10.9. The van der Waals surface area contributed by atoms with Crippen molar-refractivity contribution >= 4 is 0 Å². The molecular formula is C15H19N3O. The Labute approximate surface area is 113 Å². The van der Waals surface area contributed by atoms with Gasteiger partial charge >= 0.3 is 0 Å². The first kappa shape index (κ1) is 12.4. The molecule has 1 heterocycles. The lowest BCUT2D eigenvalue weighted by atomic mass is 10.1. The Balaban J connectivity index is 1.61. The smallest absolute Gasteiger partial charge is 0.0790 e. The Morgan fingerprint density at radius 2 is 2.00 bits per heavy atom. The van der Waals surface area contributed by atoms with Crippen LogP contribution in [0.5, 0.6) is 0 Å². The Morgan fingerprint density at radius 3 is 2.79 bits per heavy atom. The summed E-state index contributed by atoms with van der Waals surface area (Å²) in [7, 11) is 0. The molecule has 0 radical (unpaired) electrons. The third-order valence-electron chi connectivity index (χ3n) is 3.60. The molecule has 0 spiro atoms. The molecule has 4 nitrogen and oxygen atoms in total. The normalized spacial score (nSPS) is 16.0. The highest BCUT2D eigenvalue weighted by atomic mass is 16.7. The fourth-order valence-corrected chi connectivity index (χ4v) is 2.54. The van der Waals surface area contributed by atoms with Crippen LogP contribution < -0.4 is 5.48 Å². The van der Waals surface area contributed by atoms with Crippen LogP contribution >= 0.6 is 0 Å². The van der Waals surface area contributed by atoms with E-state index in [1.54, 1.807) is 0 Å². The summed E-state index contributed by atoms with van der Waals surface area (Å²) in [6.45, 7) is 0.678. The van der Waals surface area contributed by atoms with E-state index in [1.165, 1.54) is 25.7 Å². The summed E-state index contributed by atoms with van der Waals surface area (Å²) in [4.78, 5) is 5.68. The number of rotatable bonds is 5. The van der Waals surface area contributed by atoms with Gasteiger partial charge in [0.1, 0.15) is 0 Å². The summed E-state index contributed by atoms with van der Waals surface area (Å²) in [5.74, 6) is 0. The van der Waals surface area contributed by atoms with Crippen LogP contribution in [0.2, 0.25) is 0 Å². The van der Waals surface area contributed by atoms with E-state index in [0.717, 1.165) is 16.8 Å². The molecule has 0 aliphatic heterocycles. The van der Waals surface area contributed by atoms with Crippen LogP contribution in [0.25, 0.3) is 11.3 Å². The van der Waals surface area contributed by atoms with E-state index >= 15 is 0 Å². The van der Waals surface area contributed by atoms with Gasteiger partial charge in [0.2, 0.25) is 0 Å². The Kier molecular flexibility index (Phi) is 3.91. The number of nitrogens with one attached hydrogen (secondary N) is 2. The third kappa shape index (κ3) is 3.03. The van der Waals surface area contributed by atoms with Crippen LogP contribution in [0, 0.1) is 0 Å². The number of aromatic nitrogens is 2. The number of aromatic amines is 1. The molecule has 1 aliphatic carbocycles. The van der Waals surface area contributed by atoms with Crippen molar-refractivity contribution in [2.75, 3.05) is 0 Å². The van der Waals surface area contributed by atoms with Gasteiger partial charge in [-0.3, -0.25) is 9.94 Å². The van der Waals surface area contributed by atoms with Gasteiger partial charge in [0.05, 0.1) is 18.0 Å². The summed E-state index contributed by atoms with van der Waals surface area (Å²) >= 11 is 0. The summed E-state index contributed by atoms with van der Waals surface area (Å²) in [6, 6.07) is 10.2. The van der Waals surface area contributed by atoms with Crippen molar-refractivity contribution in [3.8, 4) is 11.3 Å². The highest BCUT2D eigenvalue weighted by Gasteiger charge is 2.15. The predicted molar refractivity (Wildman–Crippen MR) is 74.2 cm³/mol. The van der Waals surface area contributed by atoms with Crippen LogP contribution in [0.3, 0.4) is 0 Å². The van der Waals surface area contributed by atoms with Crippen LogP contribution in [-0.4, -0.2) is 16.3 Å². The lowest BCUT2D eigenvalue weighted by Crippen LogP contribution is -2.21. The topological polar surface area (TPSA) is 49.9 Å². The Bertz CT molecular complexity index is 503. The van der Waals surface area contributed by atoms with Crippen molar-refractivity contribution in [2.45, 2.75) is 38.3 Å². The molecule has 2 N–H and O–H groups in total. The molecule has 2 aromatic rings. The maximum atomic E-state index is 5.68. The number of H-pyrrole nitrogens is 1. The van der Waals surface area contributed by atoms with Crippen LogP contribution in [0.1, 0.15) is 31.2 Å². The van der Waals surface area contributed by atoms with Crippen molar-refractivity contribution in [2.24, 2.45) is 0 Å². The van der Waals surface area contributed by atoms with Crippen molar-refractivity contribution in [3.05, 3.63) is 42.1 Å². The molecular weight excluding hydrogens is 238 g/mol. The van der Waals surface area contributed by atoms with Crippen molar-refractivity contribution < 1.29 is 4.84 Å². The average Bonchev–Trinajstić information content (AvgIpc) is 3.11. The van der Waals surface area contributed by atoms with Gasteiger partial charge < -0.3 is 0 Å². The maximum absolute atomic E-state index is 5.68. The highest BCUT2D eigenvalue weighted by molar-refractivity contribution is 5.62. The van der Waals surface area contributed by atoms with Crippen LogP contribution in [0.4, 0.5) is 0 Å². The van der Waals surface area contributed by atoms with E-state index in [9.17, 15) is 0 Å². The molecule has 0 saturated heterocycles. The van der Waals surface area contributed by atoms with Gasteiger partial charge in [-0.05, 0) is 18.4 Å². The molecule has 3 rings (SSSR count). The minimum atomic E-state index is 0.382. The molecule has 19 heavy (non-hydrogen) atoms. The highest BCUT2D eigenvalue weighted by Crippen LogP contribution is 2.22. The van der Waals surface area contributed by atoms with Crippen molar-refractivity contribution in [1.29, 1.82) is 0 Å². The lowest BCUT2D eigenvalue weighted by Gasteiger charge is -2.11. The van der Waals surface area contributed by atoms with Gasteiger partial charge in [-0.25, -0.2) is 0 Å². The maximum Gasteiger partial charge on any atom is 0.0790 e. The van der Waals surface area contributed by atoms with Gasteiger partial charge in [-0.1, -0.05) is 43.2 Å². The van der Waals surface area contributed by atoms with E-state index in [-0.39, 0.29) is 0 Å². The van der Waals surface area contributed by atoms with Gasteiger partial charge in [-0.15, -0.1) is 0 Å². The second-order valence-electron chi connectivity index (χ2n) is 4.98. The number of benzene rings is 1. The number of hydrogen-bond donors (Lipinski definition) is 2. The second-order valence-corrected chi connectivity index (χ2v) is 4.98. The number of nitrogens with zero attached hydrogens (tertiary/aromatic N) is 1. The molecule has 0 unspecified atom stereocenters. The fourth-order valence-electron chi connectivity index (χ4n) is 2.54. The Morgan fingerprint density at radius 1 is 1.21 bits per heavy atom. The monoisotopic (exact) mass is 257 g/mol. The van der Waals surface area contributed by atoms with Crippen LogP contribution in [0.15, 0.2) is 36.5 Å². The van der Waals surface area contributed by atoms with E-state index in [4.69, 9.17) is 4.84 Å². The minimum absolute atomic E-state index is 0.382. The summed E-state index contributed by atoms with van der Waals surface area (Å²) in [6.07, 6.45) is 7.15. The largest absolute Gasteiger partial charge is 0.298 e. The zero-order chi connectivity index (χ0) is 12.9. The van der Waals surface area contributed by atoms with E-state index < -0.39 is 0 Å². The van der Waals surface area contributed by atoms with Gasteiger partial charge in [0, 0.05) is 12.1 Å². The van der Waals surface area contributed by atoms with Crippen molar-refractivity contribution in [3.63, 3.8) is 0 Å². The first-order valence-electron chi connectivity index (χ1n) is 6.89. The van der Waals surface area contributed by atoms with Crippen LogP contribution in [-0.2, 0) is 11.4 Å². The summed E-state index contributed by atoms with van der Waals surface area (Å²) in [5, 5.41) is 7.18. The summed E-state index contributed by atoms with van der Waals surface area (Å²) in [5.41, 5.74) is 6.42. The minimum Gasteiger partial charge on any atom is -0.298 e. The first-order chi connectivity index (χ1) is 9.43. The molecule has 100 valence electrons. The quantitative estimate of drug-likeness (QED) is 0.809. The molecule has 1 aliphatic rings. The first-order valence-corrected chi connectivity index (χ1v) is 6.89. The predicted octanol–water partition coefficient (Wildman–Crippen LogP) is 3.04. The van der Waals surface area contributed by atoms with E-state index in [1.807, 2.05) is 24.4 Å². The molecule has 0 amide bonds. The molecule has 1 saturated carbocycles. The zero-order valence-electron chi connectivity index (χ0n) is 10.9. The Hall–Kier alpha value is -1.65. The summed E-state index contributed by atoms with van der Waals surface area (Å²) < 4.78 is 0. The molecule has 1 aromatic carbocycles. The number of hydrogen-bond acceptors (Lipinski definition) is 3. The molecule has 0 atom stereocenters. The van der Waals surface area contributed by atoms with Crippen molar-refractivity contribution in [1.82, 2.24) is 15.7 Å². The number of hydroxylamine groups is 1. The fraction of sp³-hybridized carbons (Fsp3) is 0.400. The second kappa shape index (κ2) is 5.99. The molecule has 1 fully saturated rings. The van der Waals surface area contributed by atoms with Gasteiger partial charge in [-0.2, -0.15) is 10.6 Å². The molecule has 0 bridgehead atoms. The van der Waals surface area contributed by atoms with Gasteiger partial charge in [0.25, 0.3) is 0 Å². The van der Waals surface area contributed by atoms with E-state index in [0.29, 0.717) is 12.6 Å². The standard InChI is InChI=1S/C15H19N3O/c1-2-6-12(7-3-1)15-13(10-16-18-15)11-17-19-14-8-4-5-9-14/h1-3,6-7,10,14,17H,4-5,8-9,11H2,(H,16,18). The molecule has 1 aromatic heterocycles. The molecule has 4 heteroatoms. The van der Waals surface area contributed by atoms with E-state index in [2.05, 4.69) is 27.8 Å². The lowest BCUT2D eigenvalue weighted by molar-refractivity contribution is -0.0243. The third-order valence-corrected chi connectivity index (χ3v) is 3.60. The van der Waals surface area contributed by atoms with Gasteiger partial charge in [0.15, 0.2) is 0 Å². The average molecular weight is 257 g/mol.